The molecule has 1 aromatic carbocycles. The number of aliphatic hydroxyl groups is 1. The van der Waals surface area contributed by atoms with E-state index in [4.69, 9.17) is 0 Å². The number of hydrogen-bond acceptors (Lipinski definition) is 2. The fraction of sp³-hybridized carbons (Fsp3) is 0.538. The maximum absolute atomic E-state index is 10.0. The maximum Gasteiger partial charge on any atom is 0.0815 e. The van der Waals surface area contributed by atoms with E-state index in [9.17, 15) is 5.11 Å². The highest BCUT2D eigenvalue weighted by Gasteiger charge is 2.14. The minimum absolute atomic E-state index is 0.315. The first-order valence-corrected chi connectivity index (χ1v) is 5.51. The molecule has 0 radical (unpaired) electrons. The molecule has 0 saturated carbocycles. The summed E-state index contributed by atoms with van der Waals surface area (Å²) in [5.74, 6) is 0.315. The molecule has 2 unspecified atom stereocenters. The Labute approximate surface area is 92.5 Å². The molecule has 0 amide bonds. The summed E-state index contributed by atoms with van der Waals surface area (Å²) in [6.45, 7) is 4.17. The summed E-state index contributed by atoms with van der Waals surface area (Å²) in [5.41, 5.74) is 2.17. The van der Waals surface area contributed by atoms with Crippen LogP contribution >= 0.6 is 0 Å². The summed E-state index contributed by atoms with van der Waals surface area (Å²) in [7, 11) is 4.03. The van der Waals surface area contributed by atoms with Gasteiger partial charge in [-0.1, -0.05) is 32.4 Å². The van der Waals surface area contributed by atoms with Gasteiger partial charge in [0.05, 0.1) is 6.10 Å². The third kappa shape index (κ3) is 2.96. The number of rotatable bonds is 4. The van der Waals surface area contributed by atoms with Gasteiger partial charge in [0.2, 0.25) is 0 Å². The minimum Gasteiger partial charge on any atom is -0.388 e. The van der Waals surface area contributed by atoms with Gasteiger partial charge in [-0.2, -0.15) is 0 Å². The van der Waals surface area contributed by atoms with Crippen molar-refractivity contribution in [1.29, 1.82) is 0 Å². The summed E-state index contributed by atoms with van der Waals surface area (Å²) in [5, 5.41) is 10.0. The van der Waals surface area contributed by atoms with Crippen LogP contribution in [-0.2, 0) is 0 Å². The third-order valence-electron chi connectivity index (χ3n) is 2.93. The Morgan fingerprint density at radius 3 is 2.13 bits per heavy atom. The average molecular weight is 207 g/mol. The van der Waals surface area contributed by atoms with Crippen molar-refractivity contribution in [2.45, 2.75) is 26.4 Å². The van der Waals surface area contributed by atoms with Crippen LogP contribution in [0.4, 0.5) is 5.69 Å². The van der Waals surface area contributed by atoms with Crippen molar-refractivity contribution in [3.8, 4) is 0 Å². The van der Waals surface area contributed by atoms with Crippen LogP contribution in [0.15, 0.2) is 24.3 Å². The summed E-state index contributed by atoms with van der Waals surface area (Å²) < 4.78 is 0. The van der Waals surface area contributed by atoms with Crippen LogP contribution in [-0.4, -0.2) is 19.2 Å². The molecule has 0 saturated heterocycles. The van der Waals surface area contributed by atoms with E-state index in [0.717, 1.165) is 17.7 Å². The van der Waals surface area contributed by atoms with E-state index in [2.05, 4.69) is 18.7 Å². The van der Waals surface area contributed by atoms with Gasteiger partial charge in [0.1, 0.15) is 0 Å². The van der Waals surface area contributed by atoms with Crippen LogP contribution in [0.3, 0.4) is 0 Å². The monoisotopic (exact) mass is 207 g/mol. The van der Waals surface area contributed by atoms with E-state index in [-0.39, 0.29) is 6.10 Å². The standard InChI is InChI=1S/C13H21NO/c1-5-10(2)13(15)11-6-8-12(9-7-11)14(3)4/h6-10,13,15H,5H2,1-4H3. The summed E-state index contributed by atoms with van der Waals surface area (Å²) in [6.07, 6.45) is 0.655. The first-order valence-electron chi connectivity index (χ1n) is 5.51. The normalized spacial score (nSPS) is 14.7. The summed E-state index contributed by atoms with van der Waals surface area (Å²) in [4.78, 5) is 2.05. The van der Waals surface area contributed by atoms with Crippen molar-refractivity contribution < 1.29 is 5.11 Å². The molecule has 0 aliphatic rings. The second-order valence-electron chi connectivity index (χ2n) is 4.32. The molecule has 15 heavy (non-hydrogen) atoms. The van der Waals surface area contributed by atoms with Crippen LogP contribution in [0, 0.1) is 5.92 Å². The SMILES string of the molecule is CCC(C)C(O)c1ccc(N(C)C)cc1. The molecule has 2 heteroatoms. The molecule has 0 spiro atoms. The highest BCUT2D eigenvalue weighted by Crippen LogP contribution is 2.25. The molecule has 2 nitrogen and oxygen atoms in total. The molecule has 0 aromatic heterocycles. The Morgan fingerprint density at radius 1 is 1.20 bits per heavy atom. The molecule has 0 aliphatic carbocycles. The number of hydrogen-bond donors (Lipinski definition) is 1. The van der Waals surface area contributed by atoms with Crippen LogP contribution in [0.5, 0.6) is 0 Å². The molecule has 84 valence electrons. The number of nitrogens with zero attached hydrogens (tertiary/aromatic N) is 1. The Hall–Kier alpha value is -1.02. The van der Waals surface area contributed by atoms with Crippen molar-refractivity contribution in [2.24, 2.45) is 5.92 Å². The third-order valence-corrected chi connectivity index (χ3v) is 2.93. The zero-order valence-corrected chi connectivity index (χ0v) is 10.1. The highest BCUT2D eigenvalue weighted by molar-refractivity contribution is 5.46. The van der Waals surface area contributed by atoms with Gasteiger partial charge in [-0.25, -0.2) is 0 Å². The molecular weight excluding hydrogens is 186 g/mol. The predicted octanol–water partition coefficient (Wildman–Crippen LogP) is 2.83. The zero-order valence-electron chi connectivity index (χ0n) is 10.1. The first kappa shape index (κ1) is 12.1. The first-order chi connectivity index (χ1) is 7.06. The van der Waals surface area contributed by atoms with Gasteiger partial charge in [0.15, 0.2) is 0 Å². The largest absolute Gasteiger partial charge is 0.388 e. The van der Waals surface area contributed by atoms with Crippen LogP contribution in [0.25, 0.3) is 0 Å². The molecule has 1 N–H and O–H groups in total. The maximum atomic E-state index is 10.0. The van der Waals surface area contributed by atoms with E-state index in [0.29, 0.717) is 5.92 Å². The van der Waals surface area contributed by atoms with E-state index >= 15 is 0 Å². The average Bonchev–Trinajstić information content (AvgIpc) is 2.27. The van der Waals surface area contributed by atoms with Crippen molar-refractivity contribution in [1.82, 2.24) is 0 Å². The Bertz CT molecular complexity index is 292. The quantitative estimate of drug-likeness (QED) is 0.820. The van der Waals surface area contributed by atoms with Gasteiger partial charge in [-0.3, -0.25) is 0 Å². The van der Waals surface area contributed by atoms with Crippen LogP contribution in [0.1, 0.15) is 31.9 Å². The topological polar surface area (TPSA) is 23.5 Å². The molecule has 2 atom stereocenters. The molecule has 1 aromatic rings. The van der Waals surface area contributed by atoms with Crippen molar-refractivity contribution in [2.75, 3.05) is 19.0 Å². The van der Waals surface area contributed by atoms with Gasteiger partial charge >= 0.3 is 0 Å². The van der Waals surface area contributed by atoms with Crippen molar-refractivity contribution in [3.63, 3.8) is 0 Å². The smallest absolute Gasteiger partial charge is 0.0815 e. The van der Waals surface area contributed by atoms with E-state index in [1.54, 1.807) is 0 Å². The molecular formula is C13H21NO. The fourth-order valence-corrected chi connectivity index (χ4v) is 1.52. The van der Waals surface area contributed by atoms with Crippen molar-refractivity contribution in [3.05, 3.63) is 29.8 Å². The van der Waals surface area contributed by atoms with E-state index in [1.807, 2.05) is 38.4 Å². The van der Waals surface area contributed by atoms with Gasteiger partial charge in [0, 0.05) is 19.8 Å². The van der Waals surface area contributed by atoms with Gasteiger partial charge in [-0.05, 0) is 23.6 Å². The second kappa shape index (κ2) is 5.17. The second-order valence-corrected chi connectivity index (χ2v) is 4.32. The number of benzene rings is 1. The minimum atomic E-state index is -0.341. The lowest BCUT2D eigenvalue weighted by Crippen LogP contribution is -2.10. The van der Waals surface area contributed by atoms with Gasteiger partial charge in [0.25, 0.3) is 0 Å². The van der Waals surface area contributed by atoms with Crippen molar-refractivity contribution >= 4 is 5.69 Å². The summed E-state index contributed by atoms with van der Waals surface area (Å²) >= 11 is 0. The Balaban J connectivity index is 2.79. The zero-order chi connectivity index (χ0) is 11.4. The molecule has 0 bridgehead atoms. The predicted molar refractivity (Wildman–Crippen MR) is 65.2 cm³/mol. The van der Waals surface area contributed by atoms with Crippen LogP contribution < -0.4 is 4.90 Å². The molecule has 0 heterocycles. The highest BCUT2D eigenvalue weighted by atomic mass is 16.3. The number of aliphatic hydroxyl groups excluding tert-OH is 1. The Kier molecular flexibility index (Phi) is 4.15. The number of anilines is 1. The lowest BCUT2D eigenvalue weighted by atomic mass is 9.95. The molecule has 0 aliphatic heterocycles. The van der Waals surface area contributed by atoms with Gasteiger partial charge < -0.3 is 10.0 Å². The van der Waals surface area contributed by atoms with E-state index in [1.165, 1.54) is 0 Å². The molecule has 1 rings (SSSR count). The van der Waals surface area contributed by atoms with Gasteiger partial charge in [-0.15, -0.1) is 0 Å². The summed E-state index contributed by atoms with van der Waals surface area (Å²) in [6, 6.07) is 8.10. The Morgan fingerprint density at radius 2 is 1.73 bits per heavy atom. The molecule has 0 fully saturated rings. The van der Waals surface area contributed by atoms with E-state index < -0.39 is 0 Å². The van der Waals surface area contributed by atoms with Crippen LogP contribution in [0.2, 0.25) is 0 Å². The lowest BCUT2D eigenvalue weighted by Gasteiger charge is -2.19. The lowest BCUT2D eigenvalue weighted by molar-refractivity contribution is 0.115. The fourth-order valence-electron chi connectivity index (χ4n) is 1.52.